The van der Waals surface area contributed by atoms with Crippen LogP contribution in [0.2, 0.25) is 0 Å². The number of anilines is 2. The maximum absolute atomic E-state index is 12.9. The molecular weight excluding hydrogens is 520 g/mol. The van der Waals surface area contributed by atoms with Gasteiger partial charge >= 0.3 is 0 Å². The molecule has 1 saturated heterocycles. The smallest absolute Gasteiger partial charge is 0.270 e. The number of nitrogens with zero attached hydrogens (tertiary/aromatic N) is 1. The highest BCUT2D eigenvalue weighted by atomic mass is 79.9. The van der Waals surface area contributed by atoms with Crippen LogP contribution in [0.15, 0.2) is 82.2 Å². The third-order valence-electron chi connectivity index (χ3n) is 4.80. The van der Waals surface area contributed by atoms with Gasteiger partial charge in [-0.15, -0.1) is 0 Å². The van der Waals surface area contributed by atoms with E-state index in [9.17, 15) is 9.59 Å². The molecule has 1 fully saturated rings. The zero-order valence-electron chi connectivity index (χ0n) is 17.6. The minimum atomic E-state index is -0.255. The van der Waals surface area contributed by atoms with Crippen molar-refractivity contribution in [1.29, 1.82) is 0 Å². The topological polar surface area (TPSA) is 58.6 Å². The highest BCUT2D eigenvalue weighted by molar-refractivity contribution is 9.10. The summed E-state index contributed by atoms with van der Waals surface area (Å²) in [6.45, 7) is 1.79. The van der Waals surface area contributed by atoms with Gasteiger partial charge in [0.15, 0.2) is 10.9 Å². The average molecular weight is 539 g/mol. The van der Waals surface area contributed by atoms with Crippen molar-refractivity contribution < 1.29 is 14.3 Å². The van der Waals surface area contributed by atoms with Gasteiger partial charge in [0.05, 0.1) is 10.6 Å². The first-order chi connectivity index (χ1) is 15.9. The van der Waals surface area contributed by atoms with Crippen LogP contribution < -0.4 is 15.0 Å². The second-order valence-electron chi connectivity index (χ2n) is 7.22. The Labute approximate surface area is 210 Å². The molecule has 3 aromatic rings. The lowest BCUT2D eigenvalue weighted by atomic mass is 10.2. The van der Waals surface area contributed by atoms with E-state index in [1.807, 2.05) is 67.6 Å². The second-order valence-corrected chi connectivity index (χ2v) is 9.81. The molecule has 33 heavy (non-hydrogen) atoms. The molecule has 3 aromatic carbocycles. The minimum absolute atomic E-state index is 0.130. The number of halogens is 1. The molecular formula is C25H19BrN2O3S2. The van der Waals surface area contributed by atoms with Crippen LogP contribution in [-0.2, 0) is 9.59 Å². The lowest BCUT2D eigenvalue weighted by Crippen LogP contribution is -2.27. The van der Waals surface area contributed by atoms with E-state index in [4.69, 9.17) is 17.0 Å². The molecule has 0 saturated carbocycles. The molecule has 0 aliphatic carbocycles. The molecule has 0 radical (unpaired) electrons. The minimum Gasteiger partial charge on any atom is -0.484 e. The molecule has 1 heterocycles. The highest BCUT2D eigenvalue weighted by Gasteiger charge is 2.33. The van der Waals surface area contributed by atoms with Crippen molar-refractivity contribution in [3.63, 3.8) is 0 Å². The predicted molar refractivity (Wildman–Crippen MR) is 142 cm³/mol. The van der Waals surface area contributed by atoms with Crippen LogP contribution in [0.3, 0.4) is 0 Å². The van der Waals surface area contributed by atoms with Gasteiger partial charge in [-0.3, -0.25) is 14.5 Å². The third-order valence-corrected chi connectivity index (χ3v) is 6.59. The van der Waals surface area contributed by atoms with E-state index in [0.29, 0.717) is 15.0 Å². The molecule has 0 bridgehead atoms. The molecule has 1 aliphatic heterocycles. The molecule has 4 rings (SSSR count). The first-order valence-electron chi connectivity index (χ1n) is 10.0. The molecule has 166 valence electrons. The summed E-state index contributed by atoms with van der Waals surface area (Å²) in [5.41, 5.74) is 3.21. The largest absolute Gasteiger partial charge is 0.484 e. The Hall–Kier alpha value is -2.94. The Morgan fingerprint density at radius 3 is 2.67 bits per heavy atom. The van der Waals surface area contributed by atoms with Crippen LogP contribution in [0.1, 0.15) is 11.1 Å². The number of carbonyl (C=O) groups excluding carboxylic acids is 2. The van der Waals surface area contributed by atoms with Crippen molar-refractivity contribution in [2.75, 3.05) is 16.8 Å². The SMILES string of the molecule is Cc1cc(Br)ccc1NC(=O)COc1cccc(/C=C2\SC(=S)N(c3ccccc3)C2=O)c1. The standard InChI is InChI=1S/C25H19BrN2O3S2/c1-16-12-18(26)10-11-21(16)27-23(29)15-31-20-9-5-6-17(13-20)14-22-24(30)28(25(32)33-22)19-7-3-2-4-8-19/h2-14H,15H2,1H3,(H,27,29)/b22-14-. The molecule has 2 amide bonds. The van der Waals surface area contributed by atoms with Gasteiger partial charge in [0.1, 0.15) is 5.75 Å². The number of nitrogens with one attached hydrogen (secondary N) is 1. The number of hydrogen-bond donors (Lipinski definition) is 1. The van der Waals surface area contributed by atoms with Crippen LogP contribution in [0.25, 0.3) is 6.08 Å². The second kappa shape index (κ2) is 10.3. The summed E-state index contributed by atoms with van der Waals surface area (Å²) in [6, 6.07) is 22.2. The summed E-state index contributed by atoms with van der Waals surface area (Å²) in [7, 11) is 0. The number of rotatable bonds is 6. The highest BCUT2D eigenvalue weighted by Crippen LogP contribution is 2.36. The normalized spacial score (nSPS) is 14.6. The number of aryl methyl sites for hydroxylation is 1. The van der Waals surface area contributed by atoms with Crippen molar-refractivity contribution in [2.24, 2.45) is 0 Å². The zero-order chi connectivity index (χ0) is 23.4. The molecule has 0 spiro atoms. The van der Waals surface area contributed by atoms with E-state index in [0.717, 1.165) is 27.0 Å². The number of ether oxygens (including phenoxy) is 1. The van der Waals surface area contributed by atoms with E-state index in [2.05, 4.69) is 21.2 Å². The quantitative estimate of drug-likeness (QED) is 0.300. The number of carbonyl (C=O) groups is 2. The molecule has 0 aromatic heterocycles. The van der Waals surface area contributed by atoms with Crippen molar-refractivity contribution in [2.45, 2.75) is 6.92 Å². The van der Waals surface area contributed by atoms with Gasteiger partial charge in [-0.2, -0.15) is 0 Å². The van der Waals surface area contributed by atoms with Crippen LogP contribution in [0.4, 0.5) is 11.4 Å². The third kappa shape index (κ3) is 5.71. The Balaban J connectivity index is 1.42. The number of thioether (sulfide) groups is 1. The first-order valence-corrected chi connectivity index (χ1v) is 12.0. The van der Waals surface area contributed by atoms with Gasteiger partial charge in [0.25, 0.3) is 11.8 Å². The van der Waals surface area contributed by atoms with Gasteiger partial charge in [-0.05, 0) is 66.6 Å². The van der Waals surface area contributed by atoms with Gasteiger partial charge in [0.2, 0.25) is 0 Å². The summed E-state index contributed by atoms with van der Waals surface area (Å²) in [6.07, 6.45) is 1.78. The van der Waals surface area contributed by atoms with Crippen molar-refractivity contribution in [3.05, 3.63) is 93.3 Å². The van der Waals surface area contributed by atoms with Crippen LogP contribution >= 0.6 is 39.9 Å². The fourth-order valence-corrected chi connectivity index (χ4v) is 4.99. The van der Waals surface area contributed by atoms with Crippen molar-refractivity contribution >= 4 is 73.5 Å². The Morgan fingerprint density at radius 1 is 1.12 bits per heavy atom. The zero-order valence-corrected chi connectivity index (χ0v) is 20.8. The fraction of sp³-hybridized carbons (Fsp3) is 0.0800. The Kier molecular flexibility index (Phi) is 7.27. The fourth-order valence-electron chi connectivity index (χ4n) is 3.22. The average Bonchev–Trinajstić information content (AvgIpc) is 3.08. The summed E-state index contributed by atoms with van der Waals surface area (Å²) in [4.78, 5) is 27.3. The van der Waals surface area contributed by atoms with Crippen molar-refractivity contribution in [1.82, 2.24) is 0 Å². The van der Waals surface area contributed by atoms with Gasteiger partial charge < -0.3 is 10.1 Å². The van der Waals surface area contributed by atoms with E-state index in [-0.39, 0.29) is 18.4 Å². The number of benzene rings is 3. The number of hydrogen-bond acceptors (Lipinski definition) is 5. The maximum Gasteiger partial charge on any atom is 0.270 e. The van der Waals surface area contributed by atoms with E-state index < -0.39 is 0 Å². The molecule has 1 aliphatic rings. The van der Waals surface area contributed by atoms with Crippen molar-refractivity contribution in [3.8, 4) is 5.75 Å². The Bertz CT molecular complexity index is 1260. The molecule has 8 heteroatoms. The summed E-state index contributed by atoms with van der Waals surface area (Å²) in [5, 5.41) is 2.85. The van der Waals surface area contributed by atoms with E-state index in [1.165, 1.54) is 16.7 Å². The van der Waals surface area contributed by atoms with Crippen LogP contribution in [0, 0.1) is 6.92 Å². The monoisotopic (exact) mass is 538 g/mol. The summed E-state index contributed by atoms with van der Waals surface area (Å²) < 4.78 is 7.11. The molecule has 0 unspecified atom stereocenters. The van der Waals surface area contributed by atoms with E-state index >= 15 is 0 Å². The molecule has 1 N–H and O–H groups in total. The number of amides is 2. The van der Waals surface area contributed by atoms with E-state index in [1.54, 1.807) is 18.2 Å². The van der Waals surface area contributed by atoms with Crippen LogP contribution in [-0.4, -0.2) is 22.7 Å². The number of thiocarbonyl (C=S) groups is 1. The first kappa shape index (κ1) is 23.2. The van der Waals surface area contributed by atoms with Crippen LogP contribution in [0.5, 0.6) is 5.75 Å². The molecule has 0 atom stereocenters. The number of para-hydroxylation sites is 1. The summed E-state index contributed by atoms with van der Waals surface area (Å²) >= 11 is 10.1. The van der Waals surface area contributed by atoms with Gasteiger partial charge in [-0.1, -0.05) is 70.2 Å². The van der Waals surface area contributed by atoms with Gasteiger partial charge in [-0.25, -0.2) is 0 Å². The maximum atomic E-state index is 12.9. The lowest BCUT2D eigenvalue weighted by molar-refractivity contribution is -0.118. The lowest BCUT2D eigenvalue weighted by Gasteiger charge is -2.13. The van der Waals surface area contributed by atoms with Gasteiger partial charge in [0, 0.05) is 10.2 Å². The molecule has 5 nitrogen and oxygen atoms in total. The Morgan fingerprint density at radius 2 is 1.91 bits per heavy atom. The summed E-state index contributed by atoms with van der Waals surface area (Å²) in [5.74, 6) is 0.117. The predicted octanol–water partition coefficient (Wildman–Crippen LogP) is 6.18.